The molecule has 0 spiro atoms. The number of carbonyl (C=O) groups is 5. The zero-order valence-electron chi connectivity index (χ0n) is 32.3. The highest BCUT2D eigenvalue weighted by molar-refractivity contribution is 7.13. The maximum atomic E-state index is 11.0. The van der Waals surface area contributed by atoms with Gasteiger partial charge in [-0.05, 0) is 55.4 Å². The molecule has 0 fully saturated rings. The zero-order valence-corrected chi connectivity index (χ0v) is 34.7. The fourth-order valence-electron chi connectivity index (χ4n) is 3.28. The van der Waals surface area contributed by atoms with Crippen molar-refractivity contribution < 1.29 is 56.5 Å². The van der Waals surface area contributed by atoms with Crippen LogP contribution in [0.2, 0.25) is 0 Å². The second-order valence-electron chi connectivity index (χ2n) is 9.87. The fraction of sp³-hybridized carbons (Fsp3) is 0.429. The van der Waals surface area contributed by atoms with Crippen molar-refractivity contribution in [3.63, 3.8) is 0 Å². The molecule has 0 aliphatic heterocycles. The van der Waals surface area contributed by atoms with Crippen LogP contribution in [0.5, 0.6) is 0 Å². The first-order chi connectivity index (χ1) is 26.2. The summed E-state index contributed by atoms with van der Waals surface area (Å²) in [6.45, 7) is 19.7. The molecule has 300 valence electrons. The van der Waals surface area contributed by atoms with Crippen LogP contribution in [-0.2, 0) is 23.7 Å². The quantitative estimate of drug-likeness (QED) is 0.100. The van der Waals surface area contributed by atoms with E-state index < -0.39 is 11.9 Å². The van der Waals surface area contributed by atoms with Crippen LogP contribution in [0.4, 0.5) is 0 Å². The number of esters is 5. The molecule has 0 atom stereocenters. The Morgan fingerprint density at radius 1 is 0.582 bits per heavy atom. The van der Waals surface area contributed by atoms with Crippen LogP contribution in [0.3, 0.4) is 0 Å². The molecule has 0 unspecified atom stereocenters. The summed E-state index contributed by atoms with van der Waals surface area (Å²) in [5.41, 5.74) is 0.638. The molecule has 0 bridgehead atoms. The molecule has 5 aromatic heterocycles. The van der Waals surface area contributed by atoms with Gasteiger partial charge >= 0.3 is 29.8 Å². The van der Waals surface area contributed by atoms with Crippen molar-refractivity contribution in [3.8, 4) is 0 Å². The van der Waals surface area contributed by atoms with Gasteiger partial charge in [0.2, 0.25) is 10.8 Å². The van der Waals surface area contributed by atoms with Crippen LogP contribution in [-0.4, -0.2) is 87.8 Å². The molecule has 0 N–H and O–H groups in total. The van der Waals surface area contributed by atoms with E-state index >= 15 is 0 Å². The van der Waals surface area contributed by atoms with Gasteiger partial charge in [-0.3, -0.25) is 0 Å². The normalized spacial score (nSPS) is 9.64. The Hall–Kier alpha value is -5.34. The molecule has 5 rings (SSSR count). The van der Waals surface area contributed by atoms with Crippen molar-refractivity contribution in [1.29, 1.82) is 0 Å². The monoisotopic (exact) mass is 823 g/mol. The number of ether oxygens (including phenoxy) is 5. The number of nitrogens with zero attached hydrogens (tertiary/aromatic N) is 5. The topological polar surface area (TPSA) is 222 Å². The van der Waals surface area contributed by atoms with Crippen LogP contribution in [0.15, 0.2) is 39.1 Å². The van der Waals surface area contributed by atoms with E-state index in [-0.39, 0.29) is 29.4 Å². The molecular weight excluding hydrogens is 779 g/mol. The molecule has 0 radical (unpaired) electrons. The van der Waals surface area contributed by atoms with Crippen LogP contribution >= 0.6 is 34.0 Å². The molecule has 0 aromatic carbocycles. The Morgan fingerprint density at radius 2 is 1.15 bits per heavy atom. The molecule has 20 heteroatoms. The van der Waals surface area contributed by atoms with Crippen molar-refractivity contribution in [2.45, 2.75) is 69.2 Å². The molecule has 0 amide bonds. The number of carbonyl (C=O) groups excluding carboxylic acids is 5. The third kappa shape index (κ3) is 19.0. The number of oxazole rings is 2. The molecular formula is C35H45N5O12S3. The first-order valence-corrected chi connectivity index (χ1v) is 19.2. The average molecular weight is 824 g/mol. The summed E-state index contributed by atoms with van der Waals surface area (Å²) in [7, 11) is 0. The Kier molecular flexibility index (Phi) is 22.9. The van der Waals surface area contributed by atoms with E-state index in [9.17, 15) is 24.0 Å². The fourth-order valence-corrected chi connectivity index (χ4v) is 5.19. The maximum absolute atomic E-state index is 11.0. The smallest absolute Gasteiger partial charge is 0.375 e. The van der Waals surface area contributed by atoms with Gasteiger partial charge in [0, 0.05) is 30.3 Å². The molecule has 0 aliphatic carbocycles. The van der Waals surface area contributed by atoms with Gasteiger partial charge in [0.05, 0.1) is 55.4 Å². The zero-order chi connectivity index (χ0) is 41.3. The van der Waals surface area contributed by atoms with Crippen LogP contribution in [0.1, 0.15) is 112 Å². The summed E-state index contributed by atoms with van der Waals surface area (Å²) in [5.74, 6) is -0.761. The Labute approximate surface area is 330 Å². The van der Waals surface area contributed by atoms with E-state index in [1.807, 2.05) is 20.8 Å². The molecule has 5 aromatic rings. The van der Waals surface area contributed by atoms with Gasteiger partial charge in [-0.15, -0.1) is 34.0 Å². The highest BCUT2D eigenvalue weighted by Gasteiger charge is 2.13. The van der Waals surface area contributed by atoms with Crippen molar-refractivity contribution in [2.24, 2.45) is 0 Å². The van der Waals surface area contributed by atoms with Crippen LogP contribution < -0.4 is 0 Å². The predicted molar refractivity (Wildman–Crippen MR) is 203 cm³/mol. The summed E-state index contributed by atoms with van der Waals surface area (Å²) in [6.07, 6.45) is 5.84. The standard InChI is InChI=1S/2C7H9NO3.3C7H9NO2S/c1-3-10-7(9)6-4-11-5(2)8-6;1-3-10-7(9)6-4-8-5(2)11-6;1-3-10-7(9)6-4-11-5(2)8-6;1-3-10-7(9)6-4-8-5(2)11-6;1-3-10-7(9)6-8-4-5(2)11-6/h5*4H,3H2,1-2H3. The van der Waals surface area contributed by atoms with E-state index in [1.54, 1.807) is 60.0 Å². The maximum Gasteiger partial charge on any atom is 0.375 e. The number of thiazole rings is 3. The summed E-state index contributed by atoms with van der Waals surface area (Å²) in [5, 5.41) is 3.90. The van der Waals surface area contributed by atoms with Crippen molar-refractivity contribution in [3.05, 3.63) is 83.9 Å². The summed E-state index contributed by atoms with van der Waals surface area (Å²) < 4.78 is 33.4. The Balaban J connectivity index is 0.000000344. The SMILES string of the molecule is CCOC(=O)c1cnc(C)o1.CCOC(=O)c1cnc(C)s1.CCOC(=O)c1coc(C)n1.CCOC(=O)c1csc(C)n1.CCOC(=O)c1ncc(C)s1. The van der Waals surface area contributed by atoms with Crippen molar-refractivity contribution in [2.75, 3.05) is 33.0 Å². The molecule has 17 nitrogen and oxygen atoms in total. The van der Waals surface area contributed by atoms with E-state index in [2.05, 4.69) is 34.4 Å². The number of hydrogen-bond acceptors (Lipinski definition) is 20. The second-order valence-corrected chi connectivity index (χ2v) is 13.4. The molecule has 0 aliphatic rings. The lowest BCUT2D eigenvalue weighted by Crippen LogP contribution is -2.04. The molecule has 5 heterocycles. The highest BCUT2D eigenvalue weighted by Crippen LogP contribution is 2.13. The third-order valence-electron chi connectivity index (χ3n) is 5.47. The van der Waals surface area contributed by atoms with Crippen molar-refractivity contribution >= 4 is 63.9 Å². The van der Waals surface area contributed by atoms with Gasteiger partial charge in [-0.2, -0.15) is 0 Å². The lowest BCUT2D eigenvalue weighted by Gasteiger charge is -1.95. The first-order valence-electron chi connectivity index (χ1n) is 16.7. The molecule has 55 heavy (non-hydrogen) atoms. The minimum atomic E-state index is -0.465. The largest absolute Gasteiger partial charge is 0.462 e. The van der Waals surface area contributed by atoms with Gasteiger partial charge in [0.25, 0.3) is 0 Å². The minimum Gasteiger partial charge on any atom is -0.462 e. The summed E-state index contributed by atoms with van der Waals surface area (Å²) in [4.78, 5) is 75.7. The van der Waals surface area contributed by atoms with E-state index in [4.69, 9.17) is 23.0 Å². The van der Waals surface area contributed by atoms with E-state index in [1.165, 1.54) is 52.7 Å². The molecule has 0 saturated heterocycles. The summed E-state index contributed by atoms with van der Waals surface area (Å²) >= 11 is 4.15. The minimum absolute atomic E-state index is 0.157. The number of aromatic nitrogens is 5. The molecule has 0 saturated carbocycles. The van der Waals surface area contributed by atoms with Gasteiger partial charge < -0.3 is 32.5 Å². The van der Waals surface area contributed by atoms with Gasteiger partial charge in [-0.25, -0.2) is 48.9 Å². The first kappa shape index (κ1) is 47.7. The van der Waals surface area contributed by atoms with E-state index in [0.717, 1.165) is 14.9 Å². The third-order valence-corrected chi connectivity index (χ3v) is 8.03. The van der Waals surface area contributed by atoms with Crippen molar-refractivity contribution in [1.82, 2.24) is 24.9 Å². The van der Waals surface area contributed by atoms with Gasteiger partial charge in [0.1, 0.15) is 11.1 Å². The predicted octanol–water partition coefficient (Wildman–Crippen LogP) is 7.20. The lowest BCUT2D eigenvalue weighted by molar-refractivity contribution is 0.0484. The van der Waals surface area contributed by atoms with Gasteiger partial charge in [-0.1, -0.05) is 0 Å². The average Bonchev–Trinajstić information content (AvgIpc) is 4.00. The number of rotatable bonds is 10. The number of aryl methyl sites for hydroxylation is 5. The van der Waals surface area contributed by atoms with Crippen LogP contribution in [0, 0.1) is 34.6 Å². The van der Waals surface area contributed by atoms with Gasteiger partial charge in [0.15, 0.2) is 23.2 Å². The lowest BCUT2D eigenvalue weighted by atomic mass is 10.5. The Morgan fingerprint density at radius 3 is 1.58 bits per heavy atom. The highest BCUT2D eigenvalue weighted by atomic mass is 32.1. The Bertz CT molecular complexity index is 1600. The summed E-state index contributed by atoms with van der Waals surface area (Å²) in [6, 6.07) is 0. The van der Waals surface area contributed by atoms with E-state index in [0.29, 0.717) is 60.4 Å². The second kappa shape index (κ2) is 26.4. The van der Waals surface area contributed by atoms with Crippen LogP contribution in [0.25, 0.3) is 0 Å². The number of hydrogen-bond donors (Lipinski definition) is 0.